The summed E-state index contributed by atoms with van der Waals surface area (Å²) in [6, 6.07) is -0.716. The van der Waals surface area contributed by atoms with Crippen molar-refractivity contribution in [3.05, 3.63) is 0 Å². The second kappa shape index (κ2) is 8.06. The number of amides is 1. The second-order valence-corrected chi connectivity index (χ2v) is 3.50. The van der Waals surface area contributed by atoms with Crippen LogP contribution in [0.15, 0.2) is 0 Å². The Morgan fingerprint density at radius 1 is 1.38 bits per heavy atom. The number of carbonyl (C=O) groups excluding carboxylic acids is 2. The summed E-state index contributed by atoms with van der Waals surface area (Å²) >= 11 is 0. The van der Waals surface area contributed by atoms with Crippen molar-refractivity contribution in [1.29, 1.82) is 0 Å². The van der Waals surface area contributed by atoms with Crippen LogP contribution in [0.3, 0.4) is 0 Å². The maximum atomic E-state index is 11.3. The van der Waals surface area contributed by atoms with Gasteiger partial charge >= 0.3 is 5.97 Å². The summed E-state index contributed by atoms with van der Waals surface area (Å²) < 4.78 is 4.54. The van der Waals surface area contributed by atoms with Gasteiger partial charge in [0.15, 0.2) is 0 Å². The Balaban J connectivity index is 4.01. The normalized spacial score (nSPS) is 14.0. The zero-order chi connectivity index (χ0) is 12.6. The van der Waals surface area contributed by atoms with Crippen LogP contribution in [0.5, 0.6) is 0 Å². The third kappa shape index (κ3) is 6.36. The van der Waals surface area contributed by atoms with E-state index in [0.717, 1.165) is 0 Å². The van der Waals surface area contributed by atoms with Crippen molar-refractivity contribution in [3.63, 3.8) is 0 Å². The summed E-state index contributed by atoms with van der Waals surface area (Å²) in [7, 11) is 1.26. The van der Waals surface area contributed by atoms with Gasteiger partial charge in [-0.2, -0.15) is 0 Å². The van der Waals surface area contributed by atoms with E-state index >= 15 is 0 Å². The highest BCUT2D eigenvalue weighted by Crippen LogP contribution is 1.90. The highest BCUT2D eigenvalue weighted by molar-refractivity contribution is 5.83. The molecule has 0 bridgehead atoms. The lowest BCUT2D eigenvalue weighted by Crippen LogP contribution is -2.48. The maximum absolute atomic E-state index is 11.3. The molecule has 2 unspecified atom stereocenters. The van der Waals surface area contributed by atoms with Gasteiger partial charge in [-0.3, -0.25) is 4.79 Å². The molecule has 0 radical (unpaired) electrons. The van der Waals surface area contributed by atoms with E-state index in [1.165, 1.54) is 14.0 Å². The first-order chi connectivity index (χ1) is 7.51. The van der Waals surface area contributed by atoms with E-state index in [-0.39, 0.29) is 12.5 Å². The SMILES string of the molecule is CCC(O)CNCC(NC(C)=O)C(=O)OC. The number of nitrogens with one attached hydrogen (secondary N) is 2. The zero-order valence-electron chi connectivity index (χ0n) is 9.95. The van der Waals surface area contributed by atoms with Gasteiger partial charge in [-0.1, -0.05) is 6.92 Å². The summed E-state index contributed by atoms with van der Waals surface area (Å²) in [4.78, 5) is 22.1. The Hall–Kier alpha value is -1.14. The number of aliphatic hydroxyl groups excluding tert-OH is 1. The molecule has 0 saturated carbocycles. The quantitative estimate of drug-likeness (QED) is 0.491. The molecule has 0 aromatic heterocycles. The summed E-state index contributed by atoms with van der Waals surface area (Å²) in [5, 5.41) is 14.6. The third-order valence-electron chi connectivity index (χ3n) is 2.06. The van der Waals surface area contributed by atoms with E-state index in [1.807, 2.05) is 6.92 Å². The van der Waals surface area contributed by atoms with Crippen LogP contribution >= 0.6 is 0 Å². The average molecular weight is 232 g/mol. The molecule has 1 amide bonds. The van der Waals surface area contributed by atoms with Gasteiger partial charge in [0.05, 0.1) is 13.2 Å². The largest absolute Gasteiger partial charge is 0.467 e. The van der Waals surface area contributed by atoms with Crippen LogP contribution in [-0.2, 0) is 14.3 Å². The molecule has 0 aromatic rings. The molecule has 16 heavy (non-hydrogen) atoms. The predicted molar refractivity (Wildman–Crippen MR) is 58.8 cm³/mol. The van der Waals surface area contributed by atoms with E-state index in [2.05, 4.69) is 15.4 Å². The van der Waals surface area contributed by atoms with Crippen molar-refractivity contribution >= 4 is 11.9 Å². The molecule has 6 heteroatoms. The Kier molecular flexibility index (Phi) is 7.49. The first-order valence-corrected chi connectivity index (χ1v) is 5.25. The maximum Gasteiger partial charge on any atom is 0.329 e. The van der Waals surface area contributed by atoms with Crippen LogP contribution in [0.2, 0.25) is 0 Å². The van der Waals surface area contributed by atoms with Gasteiger partial charge < -0.3 is 20.5 Å². The van der Waals surface area contributed by atoms with Crippen LogP contribution in [0, 0.1) is 0 Å². The molecule has 3 N–H and O–H groups in total. The van der Waals surface area contributed by atoms with Crippen molar-refractivity contribution in [3.8, 4) is 0 Å². The fraction of sp³-hybridized carbons (Fsp3) is 0.800. The standard InChI is InChI=1S/C10H20N2O4/c1-4-8(14)5-11-6-9(10(15)16-3)12-7(2)13/h8-9,11,14H,4-6H2,1-3H3,(H,12,13). The van der Waals surface area contributed by atoms with Crippen molar-refractivity contribution < 1.29 is 19.4 Å². The average Bonchev–Trinajstić information content (AvgIpc) is 2.25. The minimum absolute atomic E-state index is 0.239. The lowest BCUT2D eigenvalue weighted by molar-refractivity contribution is -0.144. The van der Waals surface area contributed by atoms with Gasteiger partial charge in [-0.15, -0.1) is 0 Å². The smallest absolute Gasteiger partial charge is 0.329 e. The lowest BCUT2D eigenvalue weighted by Gasteiger charge is -2.17. The van der Waals surface area contributed by atoms with E-state index in [1.54, 1.807) is 0 Å². The van der Waals surface area contributed by atoms with Crippen LogP contribution in [0.25, 0.3) is 0 Å². The molecule has 2 atom stereocenters. The predicted octanol–water partition coefficient (Wildman–Crippen LogP) is -0.975. The number of esters is 1. The molecule has 0 aliphatic rings. The number of methoxy groups -OCH3 is 1. The van der Waals surface area contributed by atoms with Gasteiger partial charge in [0, 0.05) is 20.0 Å². The number of aliphatic hydroxyl groups is 1. The summed E-state index contributed by atoms with van der Waals surface area (Å²) in [5.74, 6) is -0.804. The highest BCUT2D eigenvalue weighted by atomic mass is 16.5. The second-order valence-electron chi connectivity index (χ2n) is 3.50. The minimum atomic E-state index is -0.716. The number of ether oxygens (including phenoxy) is 1. The van der Waals surface area contributed by atoms with Crippen LogP contribution in [0.4, 0.5) is 0 Å². The van der Waals surface area contributed by atoms with Crippen molar-refractivity contribution in [2.45, 2.75) is 32.4 Å². The molecule has 0 rings (SSSR count). The zero-order valence-corrected chi connectivity index (χ0v) is 9.95. The van der Waals surface area contributed by atoms with Crippen molar-refractivity contribution in [2.75, 3.05) is 20.2 Å². The number of hydrogen-bond donors (Lipinski definition) is 3. The van der Waals surface area contributed by atoms with Gasteiger partial charge in [0.1, 0.15) is 6.04 Å². The Bertz CT molecular complexity index is 233. The Morgan fingerprint density at radius 3 is 2.44 bits per heavy atom. The minimum Gasteiger partial charge on any atom is -0.467 e. The Labute approximate surface area is 95.4 Å². The first-order valence-electron chi connectivity index (χ1n) is 5.25. The molecule has 0 aliphatic carbocycles. The van der Waals surface area contributed by atoms with Gasteiger partial charge in [0.2, 0.25) is 5.91 Å². The number of rotatable bonds is 7. The molecule has 0 fully saturated rings. The van der Waals surface area contributed by atoms with Gasteiger partial charge in [0.25, 0.3) is 0 Å². The molecule has 0 spiro atoms. The fourth-order valence-corrected chi connectivity index (χ4v) is 1.12. The van der Waals surface area contributed by atoms with Gasteiger partial charge in [-0.05, 0) is 6.42 Å². The van der Waals surface area contributed by atoms with Crippen molar-refractivity contribution in [1.82, 2.24) is 10.6 Å². The van der Waals surface area contributed by atoms with Crippen LogP contribution < -0.4 is 10.6 Å². The molecule has 6 nitrogen and oxygen atoms in total. The van der Waals surface area contributed by atoms with E-state index in [9.17, 15) is 14.7 Å². The number of hydrogen-bond acceptors (Lipinski definition) is 5. The summed E-state index contributed by atoms with van der Waals surface area (Å²) in [5.41, 5.74) is 0. The number of carbonyl (C=O) groups is 2. The lowest BCUT2D eigenvalue weighted by atomic mass is 10.2. The fourth-order valence-electron chi connectivity index (χ4n) is 1.12. The molecule has 94 valence electrons. The molecule has 0 aromatic carbocycles. The van der Waals surface area contributed by atoms with E-state index in [0.29, 0.717) is 13.0 Å². The molecule has 0 aliphatic heterocycles. The molecular formula is C10H20N2O4. The Morgan fingerprint density at radius 2 is 2.00 bits per heavy atom. The van der Waals surface area contributed by atoms with Gasteiger partial charge in [-0.25, -0.2) is 4.79 Å². The monoisotopic (exact) mass is 232 g/mol. The summed E-state index contributed by atoms with van der Waals surface area (Å²) in [6.45, 7) is 3.81. The molecule has 0 heterocycles. The van der Waals surface area contributed by atoms with E-state index < -0.39 is 18.1 Å². The van der Waals surface area contributed by atoms with Crippen molar-refractivity contribution in [2.24, 2.45) is 0 Å². The van der Waals surface area contributed by atoms with Crippen LogP contribution in [0.1, 0.15) is 20.3 Å². The topological polar surface area (TPSA) is 87.7 Å². The highest BCUT2D eigenvalue weighted by Gasteiger charge is 2.19. The van der Waals surface area contributed by atoms with Crippen LogP contribution in [-0.4, -0.2) is 49.3 Å². The van der Waals surface area contributed by atoms with E-state index in [4.69, 9.17) is 0 Å². The summed E-state index contributed by atoms with van der Waals surface area (Å²) in [6.07, 6.45) is 0.186. The molecule has 0 saturated heterocycles. The molecular weight excluding hydrogens is 212 g/mol. The third-order valence-corrected chi connectivity index (χ3v) is 2.06. The first kappa shape index (κ1) is 14.9.